The topological polar surface area (TPSA) is 46.2 Å². The number of amides is 1. The quantitative estimate of drug-likeness (QED) is 0.767. The van der Waals surface area contributed by atoms with E-state index in [9.17, 15) is 9.59 Å². The first-order valence-corrected chi connectivity index (χ1v) is 5.35. The number of hydrogen-bond acceptors (Lipinski definition) is 3. The molecule has 0 atom stereocenters. The molecule has 1 aromatic carbocycles. The molecule has 2 rings (SSSR count). The third-order valence-corrected chi connectivity index (χ3v) is 2.73. The van der Waals surface area contributed by atoms with Crippen LogP contribution in [0.1, 0.15) is 5.56 Å². The van der Waals surface area contributed by atoms with Gasteiger partial charge >= 0.3 is 0 Å². The van der Waals surface area contributed by atoms with Gasteiger partial charge in [-0.2, -0.15) is 0 Å². The third kappa shape index (κ3) is 2.40. The molecule has 1 heterocycles. The van der Waals surface area contributed by atoms with Crippen molar-refractivity contribution in [2.45, 2.75) is 0 Å². The molecule has 0 aliphatic carbocycles. The van der Waals surface area contributed by atoms with Gasteiger partial charge in [0.1, 0.15) is 0 Å². The van der Waals surface area contributed by atoms with Crippen LogP contribution in [-0.2, 0) is 4.79 Å². The predicted molar refractivity (Wildman–Crippen MR) is 60.6 cm³/mol. The van der Waals surface area contributed by atoms with Crippen LogP contribution in [0.2, 0.25) is 5.02 Å². The largest absolute Gasteiger partial charge is 0.313 e. The molecule has 1 amide bonds. The maximum atomic E-state index is 11.3. The summed E-state index contributed by atoms with van der Waals surface area (Å²) >= 11 is 6.45. The van der Waals surface area contributed by atoms with Gasteiger partial charge in [0.05, 0.1) is 5.70 Å². The summed E-state index contributed by atoms with van der Waals surface area (Å²) in [6.07, 6.45) is 1.60. The fraction of sp³-hybridized carbons (Fsp3) is 0. The van der Waals surface area contributed by atoms with Gasteiger partial charge < -0.3 is 5.32 Å². The lowest BCUT2D eigenvalue weighted by Gasteiger charge is -1.96. The summed E-state index contributed by atoms with van der Waals surface area (Å²) in [5.74, 6) is 0. The molecule has 3 nitrogen and oxygen atoms in total. The molecule has 0 bridgehead atoms. The number of nitrogens with one attached hydrogen (secondary N) is 1. The molecule has 1 aliphatic rings. The van der Waals surface area contributed by atoms with Crippen LogP contribution in [-0.4, -0.2) is 10.4 Å². The Morgan fingerprint density at radius 3 is 2.73 bits per heavy atom. The molecule has 76 valence electrons. The van der Waals surface area contributed by atoms with Gasteiger partial charge in [-0.3, -0.25) is 9.59 Å². The van der Waals surface area contributed by atoms with Crippen LogP contribution in [0.5, 0.6) is 0 Å². The van der Waals surface area contributed by atoms with Crippen molar-refractivity contribution >= 4 is 39.8 Å². The zero-order valence-electron chi connectivity index (χ0n) is 7.49. The SMILES string of the molecule is O=C1NC(=Cc2cccc(Cl)c2)C(=O)S1. The summed E-state index contributed by atoms with van der Waals surface area (Å²) in [6.45, 7) is 0. The molecule has 1 saturated heterocycles. The van der Waals surface area contributed by atoms with Crippen molar-refractivity contribution in [2.75, 3.05) is 0 Å². The number of thioether (sulfide) groups is 1. The van der Waals surface area contributed by atoms with Crippen molar-refractivity contribution in [3.05, 3.63) is 40.5 Å². The van der Waals surface area contributed by atoms with Crippen molar-refractivity contribution in [3.8, 4) is 0 Å². The van der Waals surface area contributed by atoms with Crippen LogP contribution in [0.15, 0.2) is 30.0 Å². The number of benzene rings is 1. The maximum Gasteiger partial charge on any atom is 0.291 e. The number of hydrogen-bond donors (Lipinski definition) is 1. The second kappa shape index (κ2) is 4.08. The highest BCUT2D eigenvalue weighted by atomic mass is 35.5. The Kier molecular flexibility index (Phi) is 2.79. The summed E-state index contributed by atoms with van der Waals surface area (Å²) in [6, 6.07) is 7.05. The highest BCUT2D eigenvalue weighted by Gasteiger charge is 2.24. The molecular weight excluding hydrogens is 234 g/mol. The van der Waals surface area contributed by atoms with Crippen LogP contribution in [0.4, 0.5) is 4.79 Å². The first-order valence-electron chi connectivity index (χ1n) is 4.15. The lowest BCUT2D eigenvalue weighted by atomic mass is 10.2. The Morgan fingerprint density at radius 2 is 2.13 bits per heavy atom. The second-order valence-electron chi connectivity index (χ2n) is 2.91. The highest BCUT2D eigenvalue weighted by Crippen LogP contribution is 2.21. The van der Waals surface area contributed by atoms with Gasteiger partial charge in [-0.05, 0) is 23.8 Å². The van der Waals surface area contributed by atoms with Gasteiger partial charge in [0.25, 0.3) is 5.24 Å². The van der Waals surface area contributed by atoms with Gasteiger partial charge in [-0.15, -0.1) is 0 Å². The van der Waals surface area contributed by atoms with Gasteiger partial charge in [-0.25, -0.2) is 0 Å². The van der Waals surface area contributed by atoms with E-state index >= 15 is 0 Å². The molecule has 0 aromatic heterocycles. The van der Waals surface area contributed by atoms with E-state index in [2.05, 4.69) is 5.32 Å². The highest BCUT2D eigenvalue weighted by molar-refractivity contribution is 8.27. The lowest BCUT2D eigenvalue weighted by molar-refractivity contribution is -0.107. The Morgan fingerprint density at radius 1 is 1.33 bits per heavy atom. The minimum absolute atomic E-state index is 0.264. The minimum Gasteiger partial charge on any atom is -0.313 e. The van der Waals surface area contributed by atoms with E-state index < -0.39 is 0 Å². The zero-order valence-corrected chi connectivity index (χ0v) is 9.06. The van der Waals surface area contributed by atoms with Crippen LogP contribution in [0.3, 0.4) is 0 Å². The van der Waals surface area contributed by atoms with Gasteiger partial charge in [-0.1, -0.05) is 23.7 Å². The smallest absolute Gasteiger partial charge is 0.291 e. The normalized spacial score (nSPS) is 18.3. The summed E-state index contributed by atoms with van der Waals surface area (Å²) in [5, 5.41) is 2.45. The Hall–Kier alpha value is -1.26. The molecule has 0 unspecified atom stereocenters. The monoisotopic (exact) mass is 239 g/mol. The summed E-state index contributed by atoms with van der Waals surface area (Å²) in [4.78, 5) is 22.1. The molecule has 1 fully saturated rings. The molecule has 0 radical (unpaired) electrons. The van der Waals surface area contributed by atoms with E-state index in [-0.39, 0.29) is 10.4 Å². The Bertz CT molecular complexity index is 470. The van der Waals surface area contributed by atoms with Crippen molar-refractivity contribution in [1.82, 2.24) is 5.32 Å². The average molecular weight is 240 g/mol. The third-order valence-electron chi connectivity index (χ3n) is 1.80. The minimum atomic E-state index is -0.340. The molecule has 5 heteroatoms. The molecule has 0 saturated carbocycles. The maximum absolute atomic E-state index is 11.3. The summed E-state index contributed by atoms with van der Waals surface area (Å²) in [7, 11) is 0. The van der Waals surface area contributed by atoms with Crippen LogP contribution in [0, 0.1) is 0 Å². The Labute approximate surface area is 95.5 Å². The van der Waals surface area contributed by atoms with E-state index in [4.69, 9.17) is 11.6 Å². The number of carbonyl (C=O) groups is 2. The number of rotatable bonds is 1. The molecule has 1 aromatic rings. The van der Waals surface area contributed by atoms with Crippen molar-refractivity contribution < 1.29 is 9.59 Å². The van der Waals surface area contributed by atoms with Crippen molar-refractivity contribution in [3.63, 3.8) is 0 Å². The predicted octanol–water partition coefficient (Wildman–Crippen LogP) is 2.66. The standard InChI is InChI=1S/C10H6ClNO2S/c11-7-3-1-2-6(4-7)5-8-9(13)15-10(14)12-8/h1-5H,(H,12,14). The summed E-state index contributed by atoms with van der Waals surface area (Å²) < 4.78 is 0. The Balaban J connectivity index is 2.31. The van der Waals surface area contributed by atoms with Gasteiger partial charge in [0.15, 0.2) is 0 Å². The van der Waals surface area contributed by atoms with Gasteiger partial charge in [0.2, 0.25) is 5.12 Å². The van der Waals surface area contributed by atoms with Crippen LogP contribution < -0.4 is 5.32 Å². The average Bonchev–Trinajstić information content (AvgIpc) is 2.45. The van der Waals surface area contributed by atoms with E-state index in [0.29, 0.717) is 22.5 Å². The second-order valence-corrected chi connectivity index (χ2v) is 4.30. The van der Waals surface area contributed by atoms with Crippen LogP contribution in [0.25, 0.3) is 6.08 Å². The van der Waals surface area contributed by atoms with Crippen molar-refractivity contribution in [2.24, 2.45) is 0 Å². The van der Waals surface area contributed by atoms with Crippen LogP contribution >= 0.6 is 23.4 Å². The van der Waals surface area contributed by atoms with E-state index in [0.717, 1.165) is 5.56 Å². The van der Waals surface area contributed by atoms with E-state index in [1.165, 1.54) is 0 Å². The summed E-state index contributed by atoms with van der Waals surface area (Å²) in [5.41, 5.74) is 1.08. The first kappa shape index (κ1) is 10.3. The van der Waals surface area contributed by atoms with E-state index in [1.54, 1.807) is 30.3 Å². The number of halogens is 1. The molecular formula is C10H6ClNO2S. The molecule has 1 aliphatic heterocycles. The fourth-order valence-corrected chi connectivity index (χ4v) is 1.93. The zero-order chi connectivity index (χ0) is 10.8. The van der Waals surface area contributed by atoms with Gasteiger partial charge in [0, 0.05) is 16.8 Å². The molecule has 15 heavy (non-hydrogen) atoms. The molecule has 1 N–H and O–H groups in total. The molecule has 0 spiro atoms. The van der Waals surface area contributed by atoms with Crippen molar-refractivity contribution in [1.29, 1.82) is 0 Å². The fourth-order valence-electron chi connectivity index (χ4n) is 1.18. The number of carbonyl (C=O) groups excluding carboxylic acids is 2. The van der Waals surface area contributed by atoms with E-state index in [1.807, 2.05) is 0 Å². The first-order chi connectivity index (χ1) is 7.15. The lowest BCUT2D eigenvalue weighted by Crippen LogP contribution is -2.10.